The summed E-state index contributed by atoms with van der Waals surface area (Å²) in [5, 5.41) is 41.7. The number of hydrogen-bond acceptors (Lipinski definition) is 17. The van der Waals surface area contributed by atoms with Gasteiger partial charge in [-0.25, -0.2) is 14.6 Å². The van der Waals surface area contributed by atoms with Crippen molar-refractivity contribution in [3.8, 4) is 29.4 Å². The zero-order valence-electron chi connectivity index (χ0n) is 38.4. The van der Waals surface area contributed by atoms with E-state index in [1.54, 1.807) is 26.2 Å². The molecule has 2 aliphatic carbocycles. The van der Waals surface area contributed by atoms with E-state index >= 15 is 4.79 Å². The molecule has 2 fully saturated rings. The maximum absolute atomic E-state index is 15.1. The molecule has 1 aromatic carbocycles. The van der Waals surface area contributed by atoms with Crippen LogP contribution in [0, 0.1) is 29.6 Å². The minimum absolute atomic E-state index is 0.0545. The zero-order chi connectivity index (χ0) is 49.0. The Hall–Kier alpha value is -5.36. The van der Waals surface area contributed by atoms with E-state index in [1.807, 2.05) is 20.1 Å². The normalized spacial score (nSPS) is 29.9. The number of nitrogens with zero attached hydrogens (tertiary/aromatic N) is 1. The van der Waals surface area contributed by atoms with Gasteiger partial charge in [0.1, 0.15) is 35.4 Å². The number of amides is 1. The third kappa shape index (κ3) is 10.9. The number of allylic oxidation sites excluding steroid dienone is 2. The van der Waals surface area contributed by atoms with Crippen LogP contribution in [0.1, 0.15) is 54.6 Å². The summed E-state index contributed by atoms with van der Waals surface area (Å²) < 4.78 is 42.0. The Balaban J connectivity index is 1.35. The molecule has 10 unspecified atom stereocenters. The Bertz CT molecular complexity index is 2710. The van der Waals surface area contributed by atoms with Crippen LogP contribution >= 0.6 is 0 Å². The highest BCUT2D eigenvalue weighted by molar-refractivity contribution is 8.28. The maximum Gasteiger partial charge on any atom is 0.407 e. The molecule has 0 spiro atoms. The number of pyridine rings is 1. The number of Topliss-reactive ketones (excluding diaryl/α,β-unsaturated/α-hetero) is 2. The van der Waals surface area contributed by atoms with Crippen LogP contribution in [-0.4, -0.2) is 156 Å². The van der Waals surface area contributed by atoms with Gasteiger partial charge in [0.05, 0.1) is 62.7 Å². The van der Waals surface area contributed by atoms with Crippen molar-refractivity contribution in [3.63, 3.8) is 0 Å². The van der Waals surface area contributed by atoms with Crippen molar-refractivity contribution in [2.75, 3.05) is 39.9 Å². The van der Waals surface area contributed by atoms with Crippen LogP contribution in [0.5, 0.6) is 5.75 Å². The predicted molar refractivity (Wildman–Crippen MR) is 252 cm³/mol. The summed E-state index contributed by atoms with van der Waals surface area (Å²) in [7, 11) is 3.29. The Labute approximate surface area is 399 Å². The van der Waals surface area contributed by atoms with E-state index < -0.39 is 101 Å². The van der Waals surface area contributed by atoms with Gasteiger partial charge in [-0.1, -0.05) is 54.8 Å². The van der Waals surface area contributed by atoms with Crippen LogP contribution in [0.3, 0.4) is 0 Å². The number of esters is 1. The molecule has 7 rings (SSSR count). The molecule has 4 heterocycles. The zero-order valence-corrected chi connectivity index (χ0v) is 40.0. The number of nitrogens with one attached hydrogen (secondary N) is 3. The van der Waals surface area contributed by atoms with Crippen LogP contribution in [0.25, 0.3) is 21.8 Å². The predicted octanol–water partition coefficient (Wildman–Crippen LogP) is 2.58. The first-order chi connectivity index (χ1) is 32.5. The molecule has 1 amide bonds. The van der Waals surface area contributed by atoms with E-state index in [0.717, 1.165) is 7.11 Å². The summed E-state index contributed by atoms with van der Waals surface area (Å²) in [6.07, 6.45) is -4.98. The number of aliphatic hydroxyl groups excluding tert-OH is 2. The number of aromatic hydroxyl groups is 1. The minimum atomic E-state index is -1.73. The van der Waals surface area contributed by atoms with Gasteiger partial charge in [-0.2, -0.15) is 0 Å². The molecule has 6 N–H and O–H groups in total. The lowest BCUT2D eigenvalue weighted by Gasteiger charge is -2.45. The van der Waals surface area contributed by atoms with E-state index in [4.69, 9.17) is 44.3 Å². The molecular weight excluding hydrogens is 921 g/mol. The number of phenolic OH excluding ortho intramolecular Hbond substituents is 1. The van der Waals surface area contributed by atoms with Gasteiger partial charge < -0.3 is 64.1 Å². The Morgan fingerprint density at radius 3 is 2.56 bits per heavy atom. The van der Waals surface area contributed by atoms with E-state index in [9.17, 15) is 29.7 Å². The third-order valence-corrected chi connectivity index (χ3v) is 13.0. The topological polar surface area (TPSA) is 246 Å². The van der Waals surface area contributed by atoms with Crippen molar-refractivity contribution in [1.29, 1.82) is 0 Å². The second-order valence-corrected chi connectivity index (χ2v) is 20.1. The fourth-order valence-electron chi connectivity index (χ4n) is 8.84. The van der Waals surface area contributed by atoms with Gasteiger partial charge in [0.15, 0.2) is 24.1 Å². The molecule has 0 saturated carbocycles. The molecule has 20 heteroatoms. The molecular formula is C48H54N4O14S2. The van der Waals surface area contributed by atoms with Crippen LogP contribution in [0.15, 0.2) is 59.2 Å². The highest BCUT2D eigenvalue weighted by Crippen LogP contribution is 2.39. The smallest absolute Gasteiger partial charge is 0.407 e. The number of benzene rings is 1. The molecule has 2 aliphatic heterocycles. The fraction of sp³-hybridized carbons (Fsp3) is 0.479. The summed E-state index contributed by atoms with van der Waals surface area (Å²) in [6, 6.07) is 4.47. The molecule has 0 radical (unpaired) electrons. The summed E-state index contributed by atoms with van der Waals surface area (Å²) in [6.45, 7) is 5.69. The first-order valence-electron chi connectivity index (χ1n) is 21.8. The third-order valence-electron chi connectivity index (χ3n) is 12.0. The lowest BCUT2D eigenvalue weighted by molar-refractivity contribution is -0.327. The van der Waals surface area contributed by atoms with Gasteiger partial charge >= 0.3 is 12.1 Å². The number of alkyl carbamates (subject to hydrolysis) is 1. The molecule has 3 aromatic rings. The number of H-pyrrole nitrogens is 1. The molecule has 2 saturated heterocycles. The molecule has 2 aromatic heterocycles. The van der Waals surface area contributed by atoms with Crippen molar-refractivity contribution in [3.05, 3.63) is 70.6 Å². The number of fused-ring (bicyclic) bond motifs is 3. The second-order valence-electron chi connectivity index (χ2n) is 16.9. The Morgan fingerprint density at radius 2 is 1.85 bits per heavy atom. The number of aromatic nitrogens is 2. The van der Waals surface area contributed by atoms with Crippen LogP contribution in [0.2, 0.25) is 0 Å². The van der Waals surface area contributed by atoms with Gasteiger partial charge in [0.2, 0.25) is 0 Å². The van der Waals surface area contributed by atoms with Crippen LogP contribution in [0.4, 0.5) is 4.79 Å². The second kappa shape index (κ2) is 21.9. The van der Waals surface area contributed by atoms with Crippen LogP contribution < -0.4 is 10.6 Å². The quantitative estimate of drug-likeness (QED) is 0.0819. The number of rotatable bonds is 13. The standard InChI is InChI=1S/C48H54N4O14S2/c1-23(2)49-32-22-63-37(21-36(32)60-4)66-45-44(57)38(43(56)42-41-29(19-31(51-42)46(58)61-5)28-18-25(53)14-15-30(28)50-41)24(3)64-47(45)65-35-13-11-9-8-10-12-27-39(35)26(16-17-68(7)67)33(54)20-34(55)40(27)52-48(59)62-6/h8-9,14-16,18-19,23-24,32-33,35-38,40,44-45,47,49-50,53-54,57H,17,20-22H2,1-7H3,(H,52,59)/b9-8-,26-16-/t24?,32?,33-,35-,36?,37?,38?,40?,44?,45?,47?,68?/m0/s1. The summed E-state index contributed by atoms with van der Waals surface area (Å²) >= 11 is 5.51. The number of carbonyl (C=O) groups excluding carboxylic acids is 4. The monoisotopic (exact) mass is 974 g/mol. The number of phenols is 1. The van der Waals surface area contributed by atoms with Crippen LogP contribution in [-0.2, 0) is 58.6 Å². The number of aliphatic hydroxyl groups is 2. The molecule has 362 valence electrons. The fourth-order valence-corrected chi connectivity index (χ4v) is 9.46. The van der Waals surface area contributed by atoms with E-state index in [0.29, 0.717) is 22.0 Å². The summed E-state index contributed by atoms with van der Waals surface area (Å²) in [5.41, 5.74) is 0.752. The Kier molecular flexibility index (Phi) is 16.3. The number of carbonyl (C=O) groups is 4. The maximum atomic E-state index is 15.1. The number of aromatic amines is 1. The SMILES string of the molecule is COC(=O)NC1C(=O)C[C@H](O)/C(=C/CS(C)=S)C2=C1C#C/C=C\C#C[C@@H]2OC1OC(C)C(C(=O)c2nc(C(=O)OC)cc3c2[nH]c2ccc(O)cc23)C(O)C1OC1CC(OC)C(NC(C)C)CO1. The average Bonchev–Trinajstić information content (AvgIpc) is 3.67. The molecule has 4 aliphatic rings. The first-order valence-corrected chi connectivity index (χ1v) is 24.6. The number of ether oxygens (including phenoxy) is 7. The Morgan fingerprint density at radius 1 is 1.09 bits per heavy atom. The average molecular weight is 975 g/mol. The van der Waals surface area contributed by atoms with E-state index in [1.165, 1.54) is 37.5 Å². The van der Waals surface area contributed by atoms with Crippen molar-refractivity contribution < 1.29 is 67.7 Å². The molecule has 12 atom stereocenters. The number of methoxy groups -OCH3 is 3. The summed E-state index contributed by atoms with van der Waals surface area (Å²) in [5.74, 6) is 8.47. The molecule has 18 nitrogen and oxygen atoms in total. The number of ketones is 2. The first kappa shape index (κ1) is 50.5. The lowest BCUT2D eigenvalue weighted by atomic mass is 9.84. The largest absolute Gasteiger partial charge is 0.508 e. The van der Waals surface area contributed by atoms with Gasteiger partial charge in [0, 0.05) is 59.2 Å². The van der Waals surface area contributed by atoms with Crippen molar-refractivity contribution in [2.45, 2.75) is 101 Å². The lowest BCUT2D eigenvalue weighted by Crippen LogP contribution is -2.60. The number of hydrogen-bond donors (Lipinski definition) is 6. The highest BCUT2D eigenvalue weighted by Gasteiger charge is 2.52. The van der Waals surface area contributed by atoms with Crippen molar-refractivity contribution in [1.82, 2.24) is 20.6 Å². The van der Waals surface area contributed by atoms with Gasteiger partial charge in [-0.15, -0.1) is 9.45 Å². The molecule has 68 heavy (non-hydrogen) atoms. The minimum Gasteiger partial charge on any atom is -0.508 e. The van der Waals surface area contributed by atoms with E-state index in [-0.39, 0.29) is 64.5 Å². The van der Waals surface area contributed by atoms with Crippen molar-refractivity contribution in [2.24, 2.45) is 5.92 Å². The van der Waals surface area contributed by atoms with Gasteiger partial charge in [-0.3, -0.25) is 9.59 Å². The van der Waals surface area contributed by atoms with E-state index in [2.05, 4.69) is 44.3 Å². The highest BCUT2D eigenvalue weighted by atomic mass is 32.8. The summed E-state index contributed by atoms with van der Waals surface area (Å²) in [4.78, 5) is 62.4. The van der Waals surface area contributed by atoms with Crippen molar-refractivity contribution >= 4 is 66.1 Å². The van der Waals surface area contributed by atoms with Gasteiger partial charge in [0.25, 0.3) is 0 Å². The van der Waals surface area contributed by atoms with Gasteiger partial charge in [-0.05, 0) is 55.2 Å². The molecule has 0 bridgehead atoms.